The molecule has 17 heavy (non-hydrogen) atoms. The Morgan fingerprint density at radius 1 is 0.941 bits per heavy atom. The quantitative estimate of drug-likeness (QED) is 0.669. The minimum Gasteiger partial charge on any atom is -0.379 e. The molecule has 1 rings (SSSR count). The lowest BCUT2D eigenvalue weighted by molar-refractivity contribution is 0.0453. The molecule has 0 spiro atoms. The molecule has 0 unspecified atom stereocenters. The van der Waals surface area contributed by atoms with E-state index in [0.717, 1.165) is 19.7 Å². The molecule has 3 nitrogen and oxygen atoms in total. The van der Waals surface area contributed by atoms with Crippen LogP contribution in [0.5, 0.6) is 0 Å². The highest BCUT2D eigenvalue weighted by atomic mass is 16.5. The summed E-state index contributed by atoms with van der Waals surface area (Å²) in [5.74, 6) is 0. The van der Waals surface area contributed by atoms with Crippen molar-refractivity contribution in [1.29, 1.82) is 0 Å². The summed E-state index contributed by atoms with van der Waals surface area (Å²) in [5.41, 5.74) is 2.52. The molecule has 0 saturated heterocycles. The SMILES string of the molecule is CCNCc1ccc(COCCOCC)cc1. The molecule has 0 atom stereocenters. The third-order valence-electron chi connectivity index (χ3n) is 2.45. The van der Waals surface area contributed by atoms with Gasteiger partial charge >= 0.3 is 0 Å². The lowest BCUT2D eigenvalue weighted by atomic mass is 10.1. The van der Waals surface area contributed by atoms with Crippen LogP contribution in [0.3, 0.4) is 0 Å². The zero-order chi connectivity index (χ0) is 12.3. The van der Waals surface area contributed by atoms with E-state index in [4.69, 9.17) is 9.47 Å². The maximum absolute atomic E-state index is 5.50. The van der Waals surface area contributed by atoms with Gasteiger partial charge in [0.05, 0.1) is 19.8 Å². The van der Waals surface area contributed by atoms with Crippen LogP contribution in [0, 0.1) is 0 Å². The van der Waals surface area contributed by atoms with Crippen molar-refractivity contribution in [2.75, 3.05) is 26.4 Å². The van der Waals surface area contributed by atoms with Gasteiger partial charge in [0.1, 0.15) is 0 Å². The van der Waals surface area contributed by atoms with E-state index >= 15 is 0 Å². The fourth-order valence-electron chi connectivity index (χ4n) is 1.47. The Hall–Kier alpha value is -0.900. The van der Waals surface area contributed by atoms with E-state index in [2.05, 4.69) is 36.5 Å². The molecule has 0 bridgehead atoms. The van der Waals surface area contributed by atoms with Crippen LogP contribution in [0.2, 0.25) is 0 Å². The van der Waals surface area contributed by atoms with Crippen LogP contribution >= 0.6 is 0 Å². The molecule has 3 heteroatoms. The summed E-state index contributed by atoms with van der Waals surface area (Å²) in [6, 6.07) is 8.52. The minimum atomic E-state index is 0.660. The van der Waals surface area contributed by atoms with Crippen LogP contribution in [0.15, 0.2) is 24.3 Å². The number of benzene rings is 1. The molecule has 1 N–H and O–H groups in total. The third kappa shape index (κ3) is 6.41. The fourth-order valence-corrected chi connectivity index (χ4v) is 1.47. The summed E-state index contributed by atoms with van der Waals surface area (Å²) in [4.78, 5) is 0. The molecule has 0 aliphatic carbocycles. The average molecular weight is 237 g/mol. The predicted octanol–water partition coefficient (Wildman–Crippen LogP) is 2.35. The fraction of sp³-hybridized carbons (Fsp3) is 0.571. The second-order valence-electron chi connectivity index (χ2n) is 3.85. The van der Waals surface area contributed by atoms with E-state index in [1.807, 2.05) is 6.92 Å². The Morgan fingerprint density at radius 2 is 1.59 bits per heavy atom. The van der Waals surface area contributed by atoms with Crippen molar-refractivity contribution in [2.45, 2.75) is 27.0 Å². The molecular formula is C14H23NO2. The summed E-state index contributed by atoms with van der Waals surface area (Å²) in [6.45, 7) is 8.78. The van der Waals surface area contributed by atoms with Crippen molar-refractivity contribution in [3.63, 3.8) is 0 Å². The number of hydrogen-bond donors (Lipinski definition) is 1. The number of nitrogens with one attached hydrogen (secondary N) is 1. The van der Waals surface area contributed by atoms with Crippen molar-refractivity contribution < 1.29 is 9.47 Å². The molecule has 0 heterocycles. The van der Waals surface area contributed by atoms with Gasteiger partial charge in [-0.15, -0.1) is 0 Å². The van der Waals surface area contributed by atoms with Crippen LogP contribution in [0.25, 0.3) is 0 Å². The zero-order valence-corrected chi connectivity index (χ0v) is 10.9. The van der Waals surface area contributed by atoms with Crippen molar-refractivity contribution >= 4 is 0 Å². The highest BCUT2D eigenvalue weighted by molar-refractivity contribution is 5.21. The Balaban J connectivity index is 2.20. The highest BCUT2D eigenvalue weighted by Gasteiger charge is 1.95. The molecule has 1 aromatic carbocycles. The van der Waals surface area contributed by atoms with Crippen molar-refractivity contribution in [3.8, 4) is 0 Å². The van der Waals surface area contributed by atoms with Gasteiger partial charge < -0.3 is 14.8 Å². The Morgan fingerprint density at radius 3 is 2.24 bits per heavy atom. The van der Waals surface area contributed by atoms with Crippen molar-refractivity contribution in [3.05, 3.63) is 35.4 Å². The number of hydrogen-bond acceptors (Lipinski definition) is 3. The Labute approximate surface area is 104 Å². The van der Waals surface area contributed by atoms with Crippen LogP contribution in [-0.2, 0) is 22.6 Å². The summed E-state index contributed by atoms with van der Waals surface area (Å²) in [5, 5.41) is 3.30. The van der Waals surface area contributed by atoms with E-state index in [-0.39, 0.29) is 0 Å². The van der Waals surface area contributed by atoms with E-state index in [1.165, 1.54) is 11.1 Å². The summed E-state index contributed by atoms with van der Waals surface area (Å²) in [6.07, 6.45) is 0. The van der Waals surface area contributed by atoms with Gasteiger partial charge in [0.2, 0.25) is 0 Å². The molecule has 96 valence electrons. The molecule has 0 saturated carbocycles. The summed E-state index contributed by atoms with van der Waals surface area (Å²) < 4.78 is 10.7. The van der Waals surface area contributed by atoms with Gasteiger partial charge in [0.15, 0.2) is 0 Å². The number of ether oxygens (including phenoxy) is 2. The standard InChI is InChI=1S/C14H23NO2/c1-3-15-11-13-5-7-14(8-6-13)12-17-10-9-16-4-2/h5-8,15H,3-4,9-12H2,1-2H3. The van der Waals surface area contributed by atoms with Gasteiger partial charge in [-0.2, -0.15) is 0 Å². The predicted molar refractivity (Wildman–Crippen MR) is 70.0 cm³/mol. The van der Waals surface area contributed by atoms with Crippen LogP contribution in [0.4, 0.5) is 0 Å². The zero-order valence-electron chi connectivity index (χ0n) is 10.9. The monoisotopic (exact) mass is 237 g/mol. The molecular weight excluding hydrogens is 214 g/mol. The number of rotatable bonds is 9. The van der Waals surface area contributed by atoms with Gasteiger partial charge in [-0.05, 0) is 24.6 Å². The highest BCUT2D eigenvalue weighted by Crippen LogP contribution is 2.05. The first-order valence-electron chi connectivity index (χ1n) is 6.30. The lowest BCUT2D eigenvalue weighted by Gasteiger charge is -2.06. The van der Waals surface area contributed by atoms with Gasteiger partial charge in [-0.25, -0.2) is 0 Å². The molecule has 0 amide bonds. The normalized spacial score (nSPS) is 10.7. The smallest absolute Gasteiger partial charge is 0.0718 e. The molecule has 0 aromatic heterocycles. The summed E-state index contributed by atoms with van der Waals surface area (Å²) in [7, 11) is 0. The molecule has 0 radical (unpaired) electrons. The van der Waals surface area contributed by atoms with Crippen molar-refractivity contribution in [1.82, 2.24) is 5.32 Å². The minimum absolute atomic E-state index is 0.660. The van der Waals surface area contributed by atoms with E-state index in [9.17, 15) is 0 Å². The third-order valence-corrected chi connectivity index (χ3v) is 2.45. The van der Waals surface area contributed by atoms with Gasteiger partial charge in [-0.3, -0.25) is 0 Å². The molecule has 0 aliphatic rings. The first-order chi connectivity index (χ1) is 8.36. The second kappa shape index (κ2) is 9.16. The van der Waals surface area contributed by atoms with Crippen molar-refractivity contribution in [2.24, 2.45) is 0 Å². The largest absolute Gasteiger partial charge is 0.379 e. The maximum atomic E-state index is 5.50. The van der Waals surface area contributed by atoms with Crippen LogP contribution < -0.4 is 5.32 Å². The van der Waals surface area contributed by atoms with Gasteiger partial charge in [0.25, 0.3) is 0 Å². The first kappa shape index (κ1) is 14.2. The molecule has 1 aromatic rings. The van der Waals surface area contributed by atoms with E-state index < -0.39 is 0 Å². The van der Waals surface area contributed by atoms with Crippen LogP contribution in [-0.4, -0.2) is 26.4 Å². The molecule has 0 aliphatic heterocycles. The van der Waals surface area contributed by atoms with Gasteiger partial charge in [-0.1, -0.05) is 31.2 Å². The Bertz CT molecular complexity index is 285. The first-order valence-corrected chi connectivity index (χ1v) is 6.30. The molecule has 0 fully saturated rings. The average Bonchev–Trinajstić information content (AvgIpc) is 2.37. The lowest BCUT2D eigenvalue weighted by Crippen LogP contribution is -2.11. The van der Waals surface area contributed by atoms with Gasteiger partial charge in [0, 0.05) is 13.2 Å². The van der Waals surface area contributed by atoms with Crippen LogP contribution in [0.1, 0.15) is 25.0 Å². The maximum Gasteiger partial charge on any atom is 0.0718 e. The van der Waals surface area contributed by atoms with E-state index in [0.29, 0.717) is 19.8 Å². The summed E-state index contributed by atoms with van der Waals surface area (Å²) >= 11 is 0. The second-order valence-corrected chi connectivity index (χ2v) is 3.85. The Kier molecular flexibility index (Phi) is 7.63. The topological polar surface area (TPSA) is 30.5 Å². The van der Waals surface area contributed by atoms with E-state index in [1.54, 1.807) is 0 Å².